The number of rotatable bonds is 6. The van der Waals surface area contributed by atoms with Crippen LogP contribution >= 0.6 is 0 Å². The van der Waals surface area contributed by atoms with Gasteiger partial charge in [0.25, 0.3) is 0 Å². The summed E-state index contributed by atoms with van der Waals surface area (Å²) in [7, 11) is 0. The van der Waals surface area contributed by atoms with Crippen molar-refractivity contribution in [3.8, 4) is 0 Å². The molecule has 1 aromatic rings. The van der Waals surface area contributed by atoms with Crippen LogP contribution in [-0.4, -0.2) is 15.0 Å². The summed E-state index contributed by atoms with van der Waals surface area (Å²) in [5, 5.41) is 0. The van der Waals surface area contributed by atoms with E-state index >= 15 is 0 Å². The van der Waals surface area contributed by atoms with Gasteiger partial charge in [-0.05, 0) is 0 Å². The first-order valence-corrected chi connectivity index (χ1v) is 4.85. The topological polar surface area (TPSA) is 38.7 Å². The minimum Gasteiger partial charge on any atom is -0.217 e. The summed E-state index contributed by atoms with van der Waals surface area (Å²) in [6.07, 6.45) is 7.34. The van der Waals surface area contributed by atoms with E-state index < -0.39 is 0 Å². The van der Waals surface area contributed by atoms with Crippen LogP contribution in [0.1, 0.15) is 17.5 Å². The van der Waals surface area contributed by atoms with Crippen LogP contribution in [0, 0.1) is 0 Å². The van der Waals surface area contributed by atoms with Crippen LogP contribution in [0.25, 0.3) is 0 Å². The predicted octanol–water partition coefficient (Wildman–Crippen LogP) is 2.06. The molecule has 3 nitrogen and oxygen atoms in total. The first-order valence-electron chi connectivity index (χ1n) is 4.85. The SMILES string of the molecule is C=CCc1nc(CC=C)nc(CC=C)n1. The Kier molecular flexibility index (Phi) is 4.41. The number of hydrogen-bond acceptors (Lipinski definition) is 3. The fraction of sp³-hybridized carbons (Fsp3) is 0.250. The number of allylic oxidation sites excluding steroid dienone is 3. The minimum absolute atomic E-state index is 0.663. The molecule has 0 unspecified atom stereocenters. The van der Waals surface area contributed by atoms with Gasteiger partial charge in [0, 0.05) is 19.3 Å². The van der Waals surface area contributed by atoms with E-state index in [1.54, 1.807) is 18.2 Å². The summed E-state index contributed by atoms with van der Waals surface area (Å²) in [5.41, 5.74) is 0. The Morgan fingerprint density at radius 2 is 0.933 bits per heavy atom. The zero-order valence-electron chi connectivity index (χ0n) is 8.82. The highest BCUT2D eigenvalue weighted by atomic mass is 15.0. The van der Waals surface area contributed by atoms with Crippen molar-refractivity contribution in [2.75, 3.05) is 0 Å². The van der Waals surface area contributed by atoms with Gasteiger partial charge in [0.2, 0.25) is 0 Å². The normalized spacial score (nSPS) is 9.60. The van der Waals surface area contributed by atoms with E-state index in [2.05, 4.69) is 34.7 Å². The predicted molar refractivity (Wildman–Crippen MR) is 61.5 cm³/mol. The molecule has 0 N–H and O–H groups in total. The Morgan fingerprint density at radius 3 is 1.13 bits per heavy atom. The summed E-state index contributed by atoms with van der Waals surface area (Å²) >= 11 is 0. The van der Waals surface area contributed by atoms with Gasteiger partial charge in [-0.1, -0.05) is 18.2 Å². The zero-order chi connectivity index (χ0) is 11.1. The molecule has 78 valence electrons. The summed E-state index contributed by atoms with van der Waals surface area (Å²) in [6.45, 7) is 11.0. The smallest absolute Gasteiger partial charge is 0.136 e. The van der Waals surface area contributed by atoms with Gasteiger partial charge in [0.05, 0.1) is 0 Å². The Morgan fingerprint density at radius 1 is 0.667 bits per heavy atom. The Bertz CT molecular complexity index is 300. The van der Waals surface area contributed by atoms with Crippen LogP contribution in [0.15, 0.2) is 38.0 Å². The molecule has 0 saturated carbocycles. The van der Waals surface area contributed by atoms with Crippen molar-refractivity contribution >= 4 is 0 Å². The minimum atomic E-state index is 0.663. The Balaban J connectivity index is 3.00. The van der Waals surface area contributed by atoms with Crippen molar-refractivity contribution in [3.05, 3.63) is 55.4 Å². The second kappa shape index (κ2) is 5.86. The molecule has 3 heteroatoms. The first kappa shape index (κ1) is 11.3. The summed E-state index contributed by atoms with van der Waals surface area (Å²) in [6, 6.07) is 0. The van der Waals surface area contributed by atoms with Gasteiger partial charge >= 0.3 is 0 Å². The van der Waals surface area contributed by atoms with Crippen LogP contribution in [0.2, 0.25) is 0 Å². The fourth-order valence-electron chi connectivity index (χ4n) is 1.18. The lowest BCUT2D eigenvalue weighted by Crippen LogP contribution is -2.06. The molecule has 1 aromatic heterocycles. The molecule has 0 saturated heterocycles. The van der Waals surface area contributed by atoms with E-state index in [0.29, 0.717) is 19.3 Å². The van der Waals surface area contributed by atoms with Gasteiger partial charge in [-0.2, -0.15) is 0 Å². The van der Waals surface area contributed by atoms with E-state index in [4.69, 9.17) is 0 Å². The standard InChI is InChI=1S/C12H15N3/c1-4-7-10-13-11(8-5-2)15-12(14-10)9-6-3/h4-6H,1-3,7-9H2. The van der Waals surface area contributed by atoms with Crippen molar-refractivity contribution < 1.29 is 0 Å². The molecule has 0 aliphatic rings. The molecule has 0 amide bonds. The molecular formula is C12H15N3. The van der Waals surface area contributed by atoms with Crippen LogP contribution in [0.3, 0.4) is 0 Å². The van der Waals surface area contributed by atoms with E-state index in [0.717, 1.165) is 17.5 Å². The first-order chi connectivity index (χ1) is 7.30. The van der Waals surface area contributed by atoms with Gasteiger partial charge in [-0.25, -0.2) is 15.0 Å². The highest BCUT2D eigenvalue weighted by Crippen LogP contribution is 2.00. The lowest BCUT2D eigenvalue weighted by atomic mass is 10.3. The Labute approximate surface area is 90.3 Å². The highest BCUT2D eigenvalue weighted by Gasteiger charge is 2.03. The summed E-state index contributed by atoms with van der Waals surface area (Å²) < 4.78 is 0. The molecule has 0 bridgehead atoms. The molecule has 0 aliphatic carbocycles. The molecule has 1 heterocycles. The lowest BCUT2D eigenvalue weighted by Gasteiger charge is -2.02. The van der Waals surface area contributed by atoms with Crippen molar-refractivity contribution in [2.24, 2.45) is 0 Å². The molecule has 0 fully saturated rings. The molecule has 1 rings (SSSR count). The number of aromatic nitrogens is 3. The third-order valence-electron chi connectivity index (χ3n) is 1.76. The van der Waals surface area contributed by atoms with Crippen LogP contribution in [0.5, 0.6) is 0 Å². The monoisotopic (exact) mass is 201 g/mol. The Hall–Kier alpha value is -1.77. The molecule has 0 radical (unpaired) electrons. The summed E-state index contributed by atoms with van der Waals surface area (Å²) in [5.74, 6) is 2.27. The molecule has 0 atom stereocenters. The van der Waals surface area contributed by atoms with Gasteiger partial charge in [-0.3, -0.25) is 0 Å². The lowest BCUT2D eigenvalue weighted by molar-refractivity contribution is 0.813. The summed E-state index contributed by atoms with van der Waals surface area (Å²) in [4.78, 5) is 12.9. The van der Waals surface area contributed by atoms with Crippen LogP contribution in [0.4, 0.5) is 0 Å². The third kappa shape index (κ3) is 3.46. The van der Waals surface area contributed by atoms with E-state index in [9.17, 15) is 0 Å². The van der Waals surface area contributed by atoms with E-state index in [1.807, 2.05) is 0 Å². The second-order valence-electron chi connectivity index (χ2n) is 3.06. The maximum Gasteiger partial charge on any atom is 0.136 e. The number of nitrogens with zero attached hydrogens (tertiary/aromatic N) is 3. The van der Waals surface area contributed by atoms with E-state index in [1.165, 1.54) is 0 Å². The maximum atomic E-state index is 4.30. The fourth-order valence-corrected chi connectivity index (χ4v) is 1.18. The largest absolute Gasteiger partial charge is 0.217 e. The van der Waals surface area contributed by atoms with Crippen molar-refractivity contribution in [3.63, 3.8) is 0 Å². The van der Waals surface area contributed by atoms with Gasteiger partial charge in [0.1, 0.15) is 17.5 Å². The van der Waals surface area contributed by atoms with Gasteiger partial charge in [0.15, 0.2) is 0 Å². The van der Waals surface area contributed by atoms with Crippen molar-refractivity contribution in [2.45, 2.75) is 19.3 Å². The van der Waals surface area contributed by atoms with Crippen LogP contribution < -0.4 is 0 Å². The molecule has 15 heavy (non-hydrogen) atoms. The van der Waals surface area contributed by atoms with Crippen molar-refractivity contribution in [1.29, 1.82) is 0 Å². The highest BCUT2D eigenvalue weighted by molar-refractivity contribution is 5.04. The number of hydrogen-bond donors (Lipinski definition) is 0. The van der Waals surface area contributed by atoms with Crippen LogP contribution in [-0.2, 0) is 19.3 Å². The maximum absolute atomic E-state index is 4.30. The quantitative estimate of drug-likeness (QED) is 0.661. The second-order valence-corrected chi connectivity index (χ2v) is 3.06. The molecular weight excluding hydrogens is 186 g/mol. The molecule has 0 spiro atoms. The van der Waals surface area contributed by atoms with Crippen molar-refractivity contribution in [1.82, 2.24) is 15.0 Å². The third-order valence-corrected chi connectivity index (χ3v) is 1.76. The van der Waals surface area contributed by atoms with Gasteiger partial charge in [-0.15, -0.1) is 19.7 Å². The zero-order valence-corrected chi connectivity index (χ0v) is 8.82. The molecule has 0 aromatic carbocycles. The van der Waals surface area contributed by atoms with E-state index in [-0.39, 0.29) is 0 Å². The average molecular weight is 201 g/mol. The average Bonchev–Trinajstić information content (AvgIpc) is 2.19. The molecule has 0 aliphatic heterocycles. The van der Waals surface area contributed by atoms with Gasteiger partial charge < -0.3 is 0 Å².